The maximum Gasteiger partial charge on any atom is 0.352 e. The highest BCUT2D eigenvalue weighted by Gasteiger charge is 2.26. The summed E-state index contributed by atoms with van der Waals surface area (Å²) >= 11 is 0. The van der Waals surface area contributed by atoms with Gasteiger partial charge in [-0.1, -0.05) is 4.47 Å². The van der Waals surface area contributed by atoms with Crippen molar-refractivity contribution in [3.63, 3.8) is 0 Å². The van der Waals surface area contributed by atoms with Crippen LogP contribution in [0.25, 0.3) is 0 Å². The Bertz CT molecular complexity index is 547. The summed E-state index contributed by atoms with van der Waals surface area (Å²) in [4.78, 5) is 15.6. The Labute approximate surface area is 106 Å². The van der Waals surface area contributed by atoms with Gasteiger partial charge in [-0.15, -0.1) is 0 Å². The van der Waals surface area contributed by atoms with Gasteiger partial charge in [0.1, 0.15) is 10.6 Å². The van der Waals surface area contributed by atoms with Gasteiger partial charge in [0.2, 0.25) is 0 Å². The minimum atomic E-state index is -3.83. The molecular weight excluding hydrogens is 260 g/mol. The fraction of sp³-hybridized carbons (Fsp3) is 0.500. The van der Waals surface area contributed by atoms with Gasteiger partial charge in [-0.2, -0.15) is 0 Å². The van der Waals surface area contributed by atoms with E-state index in [9.17, 15) is 13.2 Å². The lowest BCUT2D eigenvalue weighted by Crippen LogP contribution is -2.25. The van der Waals surface area contributed by atoms with Crippen LogP contribution in [0.2, 0.25) is 0 Å². The molecule has 0 atom stereocenters. The fourth-order valence-electron chi connectivity index (χ4n) is 1.44. The summed E-state index contributed by atoms with van der Waals surface area (Å²) in [7, 11) is -1.37. The van der Waals surface area contributed by atoms with Crippen molar-refractivity contribution in [2.24, 2.45) is 0 Å². The molecule has 7 nitrogen and oxygen atoms in total. The second-order valence-corrected chi connectivity index (χ2v) is 5.90. The number of sulfonamides is 1. The molecular formula is C10H16N2O5S. The van der Waals surface area contributed by atoms with Crippen molar-refractivity contribution >= 4 is 16.0 Å². The molecule has 0 saturated carbocycles. The van der Waals surface area contributed by atoms with Crippen LogP contribution in [0.3, 0.4) is 0 Å². The van der Waals surface area contributed by atoms with Crippen LogP contribution < -0.4 is 0 Å². The first-order valence-electron chi connectivity index (χ1n) is 5.20. The standard InChI is InChI=1S/C10H16N2O5S/c1-7(2)12-6-8(5-9(12)10(13)14)18(15,16)11(3)17-4/h5-7H,1-4H3,(H,13,14). The van der Waals surface area contributed by atoms with E-state index in [1.807, 2.05) is 0 Å². The summed E-state index contributed by atoms with van der Waals surface area (Å²) < 4.78 is 26.0. The third-order valence-electron chi connectivity index (χ3n) is 2.49. The Balaban J connectivity index is 3.37. The predicted octanol–water partition coefficient (Wildman–Crippen LogP) is 0.949. The molecule has 0 aliphatic heterocycles. The molecule has 0 amide bonds. The molecule has 1 N–H and O–H groups in total. The van der Waals surface area contributed by atoms with E-state index in [-0.39, 0.29) is 16.6 Å². The highest BCUT2D eigenvalue weighted by atomic mass is 32.2. The van der Waals surface area contributed by atoms with Gasteiger partial charge in [0, 0.05) is 19.3 Å². The molecule has 0 saturated heterocycles. The van der Waals surface area contributed by atoms with Crippen LogP contribution in [-0.4, -0.2) is 42.7 Å². The number of hydroxylamine groups is 1. The summed E-state index contributed by atoms with van der Waals surface area (Å²) in [5, 5.41) is 9.03. The third kappa shape index (κ3) is 2.55. The van der Waals surface area contributed by atoms with Gasteiger partial charge in [0.15, 0.2) is 0 Å². The Kier molecular flexibility index (Phi) is 4.15. The third-order valence-corrected chi connectivity index (χ3v) is 4.14. The number of aromatic carboxylic acids is 1. The first-order chi connectivity index (χ1) is 8.21. The van der Waals surface area contributed by atoms with Crippen LogP contribution in [0.15, 0.2) is 17.2 Å². The van der Waals surface area contributed by atoms with Crippen molar-refractivity contribution in [1.82, 2.24) is 9.04 Å². The van der Waals surface area contributed by atoms with E-state index in [1.165, 1.54) is 24.9 Å². The maximum absolute atomic E-state index is 12.0. The van der Waals surface area contributed by atoms with E-state index in [1.54, 1.807) is 13.8 Å². The van der Waals surface area contributed by atoms with Crippen LogP contribution in [0.1, 0.15) is 30.4 Å². The number of carboxylic acids is 1. The molecule has 0 aromatic carbocycles. The molecule has 0 aliphatic rings. The van der Waals surface area contributed by atoms with Crippen molar-refractivity contribution in [3.05, 3.63) is 18.0 Å². The second-order valence-electron chi connectivity index (χ2n) is 3.96. The molecule has 0 unspecified atom stereocenters. The van der Waals surface area contributed by atoms with Crippen LogP contribution >= 0.6 is 0 Å². The number of nitrogens with zero attached hydrogens (tertiary/aromatic N) is 2. The summed E-state index contributed by atoms with van der Waals surface area (Å²) in [6.07, 6.45) is 1.29. The number of aromatic nitrogens is 1. The monoisotopic (exact) mass is 276 g/mol. The molecule has 102 valence electrons. The molecule has 0 fully saturated rings. The minimum absolute atomic E-state index is 0.0759. The quantitative estimate of drug-likeness (QED) is 0.809. The van der Waals surface area contributed by atoms with E-state index in [2.05, 4.69) is 4.84 Å². The second kappa shape index (κ2) is 5.09. The van der Waals surface area contributed by atoms with Gasteiger partial charge in [-0.25, -0.2) is 13.2 Å². The van der Waals surface area contributed by atoms with Crippen molar-refractivity contribution in [3.8, 4) is 0 Å². The summed E-state index contributed by atoms with van der Waals surface area (Å²) in [6, 6.07) is 0.959. The van der Waals surface area contributed by atoms with Crippen LogP contribution in [0, 0.1) is 0 Å². The topological polar surface area (TPSA) is 88.8 Å². The molecule has 0 radical (unpaired) electrons. The highest BCUT2D eigenvalue weighted by Crippen LogP contribution is 2.21. The normalized spacial score (nSPS) is 12.3. The largest absolute Gasteiger partial charge is 0.477 e. The summed E-state index contributed by atoms with van der Waals surface area (Å²) in [5.74, 6) is -1.18. The van der Waals surface area contributed by atoms with Crippen LogP contribution in [0.5, 0.6) is 0 Å². The van der Waals surface area contributed by atoms with Gasteiger partial charge in [-0.3, -0.25) is 4.84 Å². The van der Waals surface area contributed by atoms with Gasteiger partial charge in [0.05, 0.1) is 7.11 Å². The van der Waals surface area contributed by atoms with Crippen LogP contribution in [0.4, 0.5) is 0 Å². The zero-order valence-electron chi connectivity index (χ0n) is 10.6. The van der Waals surface area contributed by atoms with E-state index in [4.69, 9.17) is 5.11 Å². The smallest absolute Gasteiger partial charge is 0.352 e. The average molecular weight is 276 g/mol. The van der Waals surface area contributed by atoms with Gasteiger partial charge in [0.25, 0.3) is 10.0 Å². The van der Waals surface area contributed by atoms with Crippen molar-refractivity contribution in [1.29, 1.82) is 0 Å². The molecule has 8 heteroatoms. The SMILES string of the molecule is CON(C)S(=O)(=O)c1cc(C(=O)O)n(C(C)C)c1. The Morgan fingerprint density at radius 2 is 2.06 bits per heavy atom. The maximum atomic E-state index is 12.0. The average Bonchev–Trinajstić information content (AvgIpc) is 2.73. The number of carbonyl (C=O) groups is 1. The first kappa shape index (κ1) is 14.7. The molecule has 1 heterocycles. The van der Waals surface area contributed by atoms with E-state index >= 15 is 0 Å². The molecule has 18 heavy (non-hydrogen) atoms. The highest BCUT2D eigenvalue weighted by molar-refractivity contribution is 7.89. The fourth-order valence-corrected chi connectivity index (χ4v) is 2.44. The zero-order chi connectivity index (χ0) is 14.1. The molecule has 1 rings (SSSR count). The lowest BCUT2D eigenvalue weighted by molar-refractivity contribution is -0.0258. The molecule has 1 aromatic rings. The Morgan fingerprint density at radius 1 is 1.50 bits per heavy atom. The Hall–Kier alpha value is -1.38. The predicted molar refractivity (Wildman–Crippen MR) is 63.7 cm³/mol. The molecule has 0 aliphatic carbocycles. The number of hydrogen-bond donors (Lipinski definition) is 1. The summed E-state index contributed by atoms with van der Waals surface area (Å²) in [6.45, 7) is 3.53. The molecule has 0 spiro atoms. The van der Waals surface area contributed by atoms with E-state index in [0.717, 1.165) is 6.07 Å². The van der Waals surface area contributed by atoms with Crippen molar-refractivity contribution in [2.75, 3.05) is 14.2 Å². The Morgan fingerprint density at radius 3 is 2.39 bits per heavy atom. The van der Waals surface area contributed by atoms with Gasteiger partial charge >= 0.3 is 5.97 Å². The lowest BCUT2D eigenvalue weighted by atomic mass is 10.3. The summed E-state index contributed by atoms with van der Waals surface area (Å²) in [5.41, 5.74) is -0.0759. The zero-order valence-corrected chi connectivity index (χ0v) is 11.4. The number of carboxylic acid groups (broad SMARTS) is 1. The minimum Gasteiger partial charge on any atom is -0.477 e. The number of hydrogen-bond acceptors (Lipinski definition) is 4. The van der Waals surface area contributed by atoms with E-state index in [0.29, 0.717) is 4.47 Å². The molecule has 1 aromatic heterocycles. The molecule has 0 bridgehead atoms. The number of rotatable bonds is 5. The lowest BCUT2D eigenvalue weighted by Gasteiger charge is -2.12. The van der Waals surface area contributed by atoms with E-state index < -0.39 is 16.0 Å². The van der Waals surface area contributed by atoms with Crippen molar-refractivity contribution < 1.29 is 23.2 Å². The van der Waals surface area contributed by atoms with Gasteiger partial charge < -0.3 is 9.67 Å². The van der Waals surface area contributed by atoms with Crippen molar-refractivity contribution in [2.45, 2.75) is 24.8 Å². The van der Waals surface area contributed by atoms with Crippen LogP contribution in [-0.2, 0) is 14.9 Å². The van der Waals surface area contributed by atoms with Gasteiger partial charge in [-0.05, 0) is 19.9 Å². The first-order valence-corrected chi connectivity index (χ1v) is 6.64.